The van der Waals surface area contributed by atoms with Gasteiger partial charge in [0, 0.05) is 5.69 Å². The van der Waals surface area contributed by atoms with Gasteiger partial charge in [0.2, 0.25) is 0 Å². The predicted molar refractivity (Wildman–Crippen MR) is 131 cm³/mol. The summed E-state index contributed by atoms with van der Waals surface area (Å²) in [6.07, 6.45) is 1.41. The van der Waals surface area contributed by atoms with E-state index in [1.807, 2.05) is 32.0 Å². The summed E-state index contributed by atoms with van der Waals surface area (Å²) in [7, 11) is 1.63. The predicted octanol–water partition coefficient (Wildman–Crippen LogP) is 4.98. The summed E-state index contributed by atoms with van der Waals surface area (Å²) < 4.78 is 11.5. The molecular weight excluding hydrogens is 440 g/mol. The molecule has 2 heterocycles. The summed E-state index contributed by atoms with van der Waals surface area (Å²) in [6.45, 7) is 4.36. The molecule has 0 unspecified atom stereocenters. The molecule has 170 valence electrons. The number of nitrogen functional groups attached to an aromatic ring is 1. The minimum atomic E-state index is -0.350. The van der Waals surface area contributed by atoms with Crippen LogP contribution in [-0.4, -0.2) is 34.6 Å². The van der Waals surface area contributed by atoms with Gasteiger partial charge in [-0.1, -0.05) is 25.2 Å². The van der Waals surface area contributed by atoms with Crippen LogP contribution in [0.1, 0.15) is 24.2 Å². The van der Waals surface area contributed by atoms with Gasteiger partial charge in [-0.2, -0.15) is 0 Å². The number of nitrogens with one attached hydrogen (secondary N) is 2. The van der Waals surface area contributed by atoms with Crippen molar-refractivity contribution in [2.75, 3.05) is 30.1 Å². The first kappa shape index (κ1) is 22.3. The van der Waals surface area contributed by atoms with Crippen molar-refractivity contribution in [1.29, 1.82) is 0 Å². The van der Waals surface area contributed by atoms with Gasteiger partial charge in [0.25, 0.3) is 0 Å². The SMILES string of the molecule is COc1ccc2nc(Nc3ncnc(Nc4ccc(C(=O)OCC(C)C)cc4)c3N)sc2c1. The number of esters is 1. The van der Waals surface area contributed by atoms with E-state index in [4.69, 9.17) is 15.2 Å². The Balaban J connectivity index is 1.47. The number of fused-ring (bicyclic) bond motifs is 1. The average Bonchev–Trinajstić information content (AvgIpc) is 3.22. The molecule has 0 fully saturated rings. The van der Waals surface area contributed by atoms with E-state index < -0.39 is 0 Å². The van der Waals surface area contributed by atoms with Gasteiger partial charge >= 0.3 is 5.97 Å². The van der Waals surface area contributed by atoms with Crippen LogP contribution in [0, 0.1) is 5.92 Å². The normalized spacial score (nSPS) is 10.9. The number of hydrogen-bond donors (Lipinski definition) is 3. The van der Waals surface area contributed by atoms with Crippen LogP contribution in [0.5, 0.6) is 5.75 Å². The minimum absolute atomic E-state index is 0.282. The number of benzene rings is 2. The van der Waals surface area contributed by atoms with Crippen LogP contribution >= 0.6 is 11.3 Å². The first-order chi connectivity index (χ1) is 15.9. The van der Waals surface area contributed by atoms with Gasteiger partial charge in [-0.15, -0.1) is 0 Å². The van der Waals surface area contributed by atoms with Crippen LogP contribution in [0.4, 0.5) is 28.1 Å². The van der Waals surface area contributed by atoms with Crippen LogP contribution in [0.3, 0.4) is 0 Å². The third-order valence-corrected chi connectivity index (χ3v) is 5.57. The molecular formula is C23H24N6O3S. The molecule has 2 aromatic heterocycles. The monoisotopic (exact) mass is 464 g/mol. The van der Waals surface area contributed by atoms with E-state index in [1.54, 1.807) is 31.4 Å². The molecule has 33 heavy (non-hydrogen) atoms. The van der Waals surface area contributed by atoms with Crippen molar-refractivity contribution in [1.82, 2.24) is 15.0 Å². The van der Waals surface area contributed by atoms with Crippen molar-refractivity contribution in [2.24, 2.45) is 5.92 Å². The van der Waals surface area contributed by atoms with Gasteiger partial charge in [-0.05, 0) is 48.4 Å². The highest BCUT2D eigenvalue weighted by molar-refractivity contribution is 7.22. The van der Waals surface area contributed by atoms with Gasteiger partial charge in [0.05, 0.1) is 29.5 Å². The Labute approximate surface area is 195 Å². The van der Waals surface area contributed by atoms with Crippen molar-refractivity contribution >= 4 is 55.7 Å². The second-order valence-corrected chi connectivity index (χ2v) is 8.69. The number of thiazole rings is 1. The molecule has 0 amide bonds. The molecule has 4 N–H and O–H groups in total. The maximum absolute atomic E-state index is 12.1. The van der Waals surface area contributed by atoms with Gasteiger partial charge < -0.3 is 25.8 Å². The quantitative estimate of drug-likeness (QED) is 0.310. The van der Waals surface area contributed by atoms with Crippen LogP contribution in [0.2, 0.25) is 0 Å². The van der Waals surface area contributed by atoms with E-state index in [2.05, 4.69) is 25.6 Å². The fraction of sp³-hybridized carbons (Fsp3) is 0.217. The molecule has 0 atom stereocenters. The molecule has 0 aliphatic carbocycles. The molecule has 0 aliphatic heterocycles. The Bertz CT molecular complexity index is 1270. The molecule has 9 nitrogen and oxygen atoms in total. The van der Waals surface area contributed by atoms with Gasteiger partial charge in [-0.25, -0.2) is 19.7 Å². The van der Waals surface area contributed by atoms with E-state index in [-0.39, 0.29) is 11.9 Å². The second kappa shape index (κ2) is 9.70. The largest absolute Gasteiger partial charge is 0.497 e. The summed E-state index contributed by atoms with van der Waals surface area (Å²) >= 11 is 1.47. The Morgan fingerprint density at radius 1 is 1.09 bits per heavy atom. The number of carbonyl (C=O) groups excluding carboxylic acids is 1. The second-order valence-electron chi connectivity index (χ2n) is 7.66. The molecule has 0 radical (unpaired) electrons. The molecule has 0 bridgehead atoms. The van der Waals surface area contributed by atoms with Crippen LogP contribution < -0.4 is 21.1 Å². The van der Waals surface area contributed by atoms with Crippen molar-refractivity contribution in [3.8, 4) is 5.75 Å². The van der Waals surface area contributed by atoms with Crippen molar-refractivity contribution in [2.45, 2.75) is 13.8 Å². The molecule has 0 saturated carbocycles. The molecule has 4 rings (SSSR count). The number of rotatable bonds is 8. The Hall–Kier alpha value is -3.92. The molecule has 0 spiro atoms. The van der Waals surface area contributed by atoms with E-state index in [0.717, 1.165) is 21.7 Å². The highest BCUT2D eigenvalue weighted by atomic mass is 32.1. The number of aromatic nitrogens is 3. The topological polar surface area (TPSA) is 124 Å². The van der Waals surface area contributed by atoms with Gasteiger partial charge in [0.15, 0.2) is 16.8 Å². The molecule has 0 saturated heterocycles. The van der Waals surface area contributed by atoms with E-state index in [1.165, 1.54) is 17.7 Å². The molecule has 4 aromatic rings. The Morgan fingerprint density at radius 3 is 2.52 bits per heavy atom. The first-order valence-electron chi connectivity index (χ1n) is 10.3. The summed E-state index contributed by atoms with van der Waals surface area (Å²) in [4.78, 5) is 25.1. The zero-order valence-corrected chi connectivity index (χ0v) is 19.3. The summed E-state index contributed by atoms with van der Waals surface area (Å²) in [5.74, 6) is 1.57. The minimum Gasteiger partial charge on any atom is -0.497 e. The number of anilines is 5. The first-order valence-corrected chi connectivity index (χ1v) is 11.1. The summed E-state index contributed by atoms with van der Waals surface area (Å²) in [5, 5.41) is 6.97. The maximum Gasteiger partial charge on any atom is 0.338 e. The zero-order valence-electron chi connectivity index (χ0n) is 18.5. The lowest BCUT2D eigenvalue weighted by atomic mass is 10.2. The number of carbonyl (C=O) groups is 1. The fourth-order valence-electron chi connectivity index (χ4n) is 2.93. The fourth-order valence-corrected chi connectivity index (χ4v) is 3.83. The Morgan fingerprint density at radius 2 is 1.82 bits per heavy atom. The molecule has 10 heteroatoms. The van der Waals surface area contributed by atoms with Gasteiger partial charge in [-0.3, -0.25) is 0 Å². The standard InChI is InChI=1S/C23H24N6O3S/c1-13(2)11-32-22(30)14-4-6-15(7-5-14)27-20-19(24)21(26-12-25-20)29-23-28-17-9-8-16(31-3)10-18(17)33-23/h4-10,12-13H,11,24H2,1-3H3,(H2,25,26,27,28,29). The highest BCUT2D eigenvalue weighted by Crippen LogP contribution is 2.33. The van der Waals surface area contributed by atoms with E-state index in [0.29, 0.717) is 34.6 Å². The lowest BCUT2D eigenvalue weighted by Crippen LogP contribution is -2.10. The number of nitrogens with two attached hydrogens (primary N) is 1. The van der Waals surface area contributed by atoms with E-state index in [9.17, 15) is 4.79 Å². The van der Waals surface area contributed by atoms with E-state index >= 15 is 0 Å². The van der Waals surface area contributed by atoms with Crippen LogP contribution in [0.15, 0.2) is 48.8 Å². The lowest BCUT2D eigenvalue weighted by molar-refractivity contribution is 0.0459. The lowest BCUT2D eigenvalue weighted by Gasteiger charge is -2.12. The third kappa shape index (κ3) is 5.29. The maximum atomic E-state index is 12.1. The van der Waals surface area contributed by atoms with Crippen molar-refractivity contribution in [3.63, 3.8) is 0 Å². The number of nitrogens with zero attached hydrogens (tertiary/aromatic N) is 3. The number of ether oxygens (including phenoxy) is 2. The van der Waals surface area contributed by atoms with Crippen molar-refractivity contribution in [3.05, 3.63) is 54.4 Å². The number of hydrogen-bond acceptors (Lipinski definition) is 10. The smallest absolute Gasteiger partial charge is 0.338 e. The summed E-state index contributed by atoms with van der Waals surface area (Å²) in [5.41, 5.74) is 8.69. The molecule has 0 aliphatic rings. The van der Waals surface area contributed by atoms with Crippen LogP contribution in [0.25, 0.3) is 10.2 Å². The summed E-state index contributed by atoms with van der Waals surface area (Å²) in [6, 6.07) is 12.6. The number of methoxy groups -OCH3 is 1. The average molecular weight is 465 g/mol. The molecule has 2 aromatic carbocycles. The Kier molecular flexibility index (Phi) is 6.55. The third-order valence-electron chi connectivity index (χ3n) is 4.64. The zero-order chi connectivity index (χ0) is 23.4. The van der Waals surface area contributed by atoms with Gasteiger partial charge in [0.1, 0.15) is 17.8 Å². The van der Waals surface area contributed by atoms with Crippen molar-refractivity contribution < 1.29 is 14.3 Å². The highest BCUT2D eigenvalue weighted by Gasteiger charge is 2.13. The van der Waals surface area contributed by atoms with Crippen LogP contribution in [-0.2, 0) is 4.74 Å².